The molecule has 0 aliphatic rings. The Kier molecular flexibility index (Phi) is 3.08. The Morgan fingerprint density at radius 3 is 2.60 bits per heavy atom. The van der Waals surface area contributed by atoms with Gasteiger partial charge in [0.1, 0.15) is 0 Å². The Morgan fingerprint density at radius 1 is 1.15 bits per heavy atom. The minimum Gasteiger partial charge on any atom is -0.290 e. The van der Waals surface area contributed by atoms with Crippen molar-refractivity contribution in [2.24, 2.45) is 0 Å². The van der Waals surface area contributed by atoms with Gasteiger partial charge in [-0.1, -0.05) is 30.3 Å². The van der Waals surface area contributed by atoms with Gasteiger partial charge in [0, 0.05) is 12.1 Å². The largest absolute Gasteiger partial charge is 0.290 e. The van der Waals surface area contributed by atoms with Crippen molar-refractivity contribution in [1.29, 1.82) is 0 Å². The number of benzene rings is 2. The monoisotopic (exact) mass is 286 g/mol. The molecule has 0 N–H and O–H groups in total. The Morgan fingerprint density at radius 2 is 1.90 bits per heavy atom. The van der Waals surface area contributed by atoms with Gasteiger partial charge >= 0.3 is 0 Å². The average Bonchev–Trinajstić information content (AvgIpc) is 2.76. The topological polar surface area (TPSA) is 65.1 Å². The minimum atomic E-state index is -0.488. The summed E-state index contributed by atoms with van der Waals surface area (Å²) >= 11 is 1.08. The van der Waals surface area contributed by atoms with Crippen LogP contribution in [-0.4, -0.2) is 8.88 Å². The molecule has 1 aromatic heterocycles. The maximum atomic E-state index is 11.9. The third-order valence-electron chi connectivity index (χ3n) is 3.04. The highest BCUT2D eigenvalue weighted by atomic mass is 32.1. The maximum Gasteiger partial charge on any atom is 0.270 e. The van der Waals surface area contributed by atoms with E-state index >= 15 is 0 Å². The molecule has 0 amide bonds. The summed E-state index contributed by atoms with van der Waals surface area (Å²) in [6.45, 7) is 0.585. The zero-order valence-electron chi connectivity index (χ0n) is 10.4. The lowest BCUT2D eigenvalue weighted by atomic mass is 10.2. The molecule has 0 fully saturated rings. The van der Waals surface area contributed by atoms with E-state index in [1.54, 1.807) is 6.07 Å². The van der Waals surface area contributed by atoms with Gasteiger partial charge in [-0.25, -0.2) is 0 Å². The van der Waals surface area contributed by atoms with Gasteiger partial charge in [-0.15, -0.1) is 0 Å². The first-order valence-electron chi connectivity index (χ1n) is 5.97. The van der Waals surface area contributed by atoms with E-state index in [0.717, 1.165) is 22.6 Å². The van der Waals surface area contributed by atoms with Crippen molar-refractivity contribution in [3.05, 3.63) is 73.7 Å². The predicted molar refractivity (Wildman–Crippen MR) is 78.3 cm³/mol. The molecule has 0 saturated carbocycles. The second-order valence-corrected chi connectivity index (χ2v) is 5.35. The van der Waals surface area contributed by atoms with Gasteiger partial charge in [0.25, 0.3) is 10.4 Å². The zero-order valence-corrected chi connectivity index (χ0v) is 11.2. The zero-order chi connectivity index (χ0) is 14.1. The van der Waals surface area contributed by atoms with Crippen LogP contribution in [0, 0.1) is 10.1 Å². The number of hydrogen-bond acceptors (Lipinski definition) is 4. The fourth-order valence-electron chi connectivity index (χ4n) is 2.08. The summed E-state index contributed by atoms with van der Waals surface area (Å²) in [4.78, 5) is 22.2. The lowest BCUT2D eigenvalue weighted by Crippen LogP contribution is -1.95. The van der Waals surface area contributed by atoms with Crippen molar-refractivity contribution < 1.29 is 4.92 Å². The highest BCUT2D eigenvalue weighted by molar-refractivity contribution is 7.05. The molecule has 100 valence electrons. The summed E-state index contributed by atoms with van der Waals surface area (Å²) in [7, 11) is 0. The predicted octanol–water partition coefficient (Wildman–Crippen LogP) is 3.02. The van der Waals surface area contributed by atoms with Crippen molar-refractivity contribution in [2.45, 2.75) is 6.54 Å². The third kappa shape index (κ3) is 2.21. The maximum absolute atomic E-state index is 11.9. The minimum absolute atomic E-state index is 0.0562. The van der Waals surface area contributed by atoms with Crippen LogP contribution in [0.4, 0.5) is 5.69 Å². The lowest BCUT2D eigenvalue weighted by molar-refractivity contribution is -0.384. The summed E-state index contributed by atoms with van der Waals surface area (Å²) in [6.07, 6.45) is 0. The second kappa shape index (κ2) is 4.90. The highest BCUT2D eigenvalue weighted by Crippen LogP contribution is 2.21. The van der Waals surface area contributed by atoms with Crippen LogP contribution < -0.4 is 4.74 Å². The van der Waals surface area contributed by atoms with E-state index in [1.807, 2.05) is 34.3 Å². The Balaban J connectivity index is 2.09. The van der Waals surface area contributed by atoms with Crippen LogP contribution in [-0.2, 0) is 6.54 Å². The molecule has 0 atom stereocenters. The van der Waals surface area contributed by atoms with Crippen molar-refractivity contribution in [2.75, 3.05) is 0 Å². The molecule has 0 spiro atoms. The molecule has 0 saturated heterocycles. The number of fused-ring (bicyclic) bond motifs is 1. The lowest BCUT2D eigenvalue weighted by Gasteiger charge is -2.03. The molecule has 1 heterocycles. The first-order valence-corrected chi connectivity index (χ1v) is 6.75. The van der Waals surface area contributed by atoms with Crippen molar-refractivity contribution >= 4 is 28.1 Å². The number of nitro groups is 1. The number of non-ortho nitro benzene ring substituents is 1. The highest BCUT2D eigenvalue weighted by Gasteiger charge is 2.13. The van der Waals surface area contributed by atoms with Crippen LogP contribution in [0.5, 0.6) is 0 Å². The van der Waals surface area contributed by atoms with E-state index in [-0.39, 0.29) is 10.4 Å². The number of nitrogens with zero attached hydrogens (tertiary/aromatic N) is 2. The first-order chi connectivity index (χ1) is 9.65. The van der Waals surface area contributed by atoms with Crippen LogP contribution in [0.3, 0.4) is 0 Å². The van der Waals surface area contributed by atoms with Gasteiger partial charge in [0.15, 0.2) is 0 Å². The third-order valence-corrected chi connectivity index (χ3v) is 3.97. The van der Waals surface area contributed by atoms with Gasteiger partial charge in [-0.3, -0.25) is 18.9 Å². The van der Waals surface area contributed by atoms with Gasteiger partial charge in [0.05, 0.1) is 22.4 Å². The normalized spacial score (nSPS) is 10.8. The molecule has 0 radical (unpaired) electrons. The van der Waals surface area contributed by atoms with Crippen LogP contribution in [0.15, 0.2) is 53.3 Å². The molecule has 3 rings (SSSR count). The van der Waals surface area contributed by atoms with Crippen molar-refractivity contribution in [1.82, 2.24) is 3.96 Å². The molecule has 20 heavy (non-hydrogen) atoms. The summed E-state index contributed by atoms with van der Waals surface area (Å²) in [6, 6.07) is 14.2. The number of aromatic nitrogens is 1. The van der Waals surface area contributed by atoms with Crippen LogP contribution in [0.2, 0.25) is 0 Å². The Bertz CT molecular complexity index is 836. The standard InChI is InChI=1S/C14H10N2O3S/c17-14-12-8-11(16(18)19)6-7-13(12)15(20-14)9-10-4-2-1-3-5-10/h1-8H,9H2. The van der Waals surface area contributed by atoms with Gasteiger partial charge in [-0.05, 0) is 23.2 Å². The second-order valence-electron chi connectivity index (χ2n) is 4.36. The van der Waals surface area contributed by atoms with Crippen molar-refractivity contribution in [3.63, 3.8) is 0 Å². The number of rotatable bonds is 3. The van der Waals surface area contributed by atoms with Gasteiger partial charge in [0.2, 0.25) is 0 Å². The van der Waals surface area contributed by atoms with E-state index in [9.17, 15) is 14.9 Å². The molecular weight excluding hydrogens is 276 g/mol. The number of nitro benzene ring substituents is 1. The molecule has 0 aliphatic carbocycles. The number of hydrogen-bond donors (Lipinski definition) is 0. The van der Waals surface area contributed by atoms with Crippen LogP contribution >= 0.6 is 11.5 Å². The summed E-state index contributed by atoms with van der Waals surface area (Å²) < 4.78 is 1.70. The van der Waals surface area contributed by atoms with Crippen LogP contribution in [0.1, 0.15) is 5.56 Å². The average molecular weight is 286 g/mol. The first kappa shape index (κ1) is 12.6. The van der Waals surface area contributed by atoms with E-state index in [2.05, 4.69) is 0 Å². The molecule has 6 heteroatoms. The van der Waals surface area contributed by atoms with Crippen molar-refractivity contribution in [3.8, 4) is 0 Å². The van der Waals surface area contributed by atoms with E-state index in [1.165, 1.54) is 12.1 Å². The molecule has 0 unspecified atom stereocenters. The summed E-state index contributed by atoms with van der Waals surface area (Å²) in [5.74, 6) is 0. The SMILES string of the molecule is O=c1sn(Cc2ccccc2)c2ccc([N+](=O)[O-])cc12. The molecule has 5 nitrogen and oxygen atoms in total. The quantitative estimate of drug-likeness (QED) is 0.549. The molecule has 2 aromatic carbocycles. The van der Waals surface area contributed by atoms with E-state index in [0.29, 0.717) is 11.9 Å². The van der Waals surface area contributed by atoms with Gasteiger partial charge < -0.3 is 0 Å². The fourth-order valence-corrected chi connectivity index (χ4v) is 3.02. The van der Waals surface area contributed by atoms with E-state index in [4.69, 9.17) is 0 Å². The summed E-state index contributed by atoms with van der Waals surface area (Å²) in [5.41, 5.74) is 1.76. The van der Waals surface area contributed by atoms with Crippen LogP contribution in [0.25, 0.3) is 10.9 Å². The van der Waals surface area contributed by atoms with E-state index < -0.39 is 4.92 Å². The molecule has 0 aliphatic heterocycles. The summed E-state index contributed by atoms with van der Waals surface area (Å²) in [5, 5.41) is 11.2. The Labute approximate surface area is 118 Å². The molecule has 0 bridgehead atoms. The van der Waals surface area contributed by atoms with Gasteiger partial charge in [-0.2, -0.15) is 0 Å². The smallest absolute Gasteiger partial charge is 0.270 e. The Hall–Kier alpha value is -2.47. The molecule has 3 aromatic rings. The fraction of sp³-hybridized carbons (Fsp3) is 0.0714. The molecular formula is C14H10N2O3S.